The summed E-state index contributed by atoms with van der Waals surface area (Å²) in [5.74, 6) is 2.29. The largest absolute Gasteiger partial charge is 0.493 e. The molecule has 2 aliphatic heterocycles. The summed E-state index contributed by atoms with van der Waals surface area (Å²) in [6.45, 7) is 6.75. The predicted octanol–water partition coefficient (Wildman–Crippen LogP) is 2.42. The van der Waals surface area contributed by atoms with Gasteiger partial charge in [0.1, 0.15) is 0 Å². The quantitative estimate of drug-likeness (QED) is 0.868. The van der Waals surface area contributed by atoms with E-state index in [4.69, 9.17) is 14.2 Å². The number of halogens is 1. The second-order valence-electron chi connectivity index (χ2n) is 5.65. The highest BCUT2D eigenvalue weighted by atomic mass is 35.5. The fraction of sp³-hybridized carbons (Fsp3) is 0.625. The van der Waals surface area contributed by atoms with Crippen molar-refractivity contribution in [2.75, 3.05) is 33.5 Å². The molecule has 0 spiro atoms. The van der Waals surface area contributed by atoms with Crippen LogP contribution in [0.15, 0.2) is 12.1 Å². The minimum Gasteiger partial charge on any atom is -0.493 e. The van der Waals surface area contributed by atoms with Gasteiger partial charge in [-0.15, -0.1) is 12.4 Å². The number of fused-ring (bicyclic) bond motifs is 1. The van der Waals surface area contributed by atoms with Crippen LogP contribution in [0, 0.1) is 0 Å². The molecule has 0 amide bonds. The third-order valence-electron chi connectivity index (χ3n) is 4.17. The van der Waals surface area contributed by atoms with Crippen LogP contribution in [0.3, 0.4) is 0 Å². The van der Waals surface area contributed by atoms with E-state index in [1.54, 1.807) is 7.11 Å². The lowest BCUT2D eigenvalue weighted by Crippen LogP contribution is -2.36. The van der Waals surface area contributed by atoms with Crippen molar-refractivity contribution in [3.63, 3.8) is 0 Å². The molecule has 124 valence electrons. The van der Waals surface area contributed by atoms with Gasteiger partial charge in [-0.05, 0) is 43.6 Å². The number of rotatable bonds is 6. The standard InChI is InChI=1S/C16H24N2O3.ClH/c1-3-6-18(13-4-5-17-9-13)10-12-7-14(19-2)16-15(8-12)20-11-21-16;/h7-8,13,17H,3-6,9-11H2,1-2H3;1H. The predicted molar refractivity (Wildman–Crippen MR) is 88.3 cm³/mol. The van der Waals surface area contributed by atoms with Crippen molar-refractivity contribution in [3.8, 4) is 17.2 Å². The van der Waals surface area contributed by atoms with Crippen LogP contribution in [0.4, 0.5) is 0 Å². The molecule has 3 rings (SSSR count). The van der Waals surface area contributed by atoms with Gasteiger partial charge < -0.3 is 19.5 Å². The van der Waals surface area contributed by atoms with Crippen LogP contribution in [0.2, 0.25) is 0 Å². The summed E-state index contributed by atoms with van der Waals surface area (Å²) in [5.41, 5.74) is 1.22. The van der Waals surface area contributed by atoms with Crippen molar-refractivity contribution in [1.29, 1.82) is 0 Å². The summed E-state index contributed by atoms with van der Waals surface area (Å²) < 4.78 is 16.4. The number of methoxy groups -OCH3 is 1. The van der Waals surface area contributed by atoms with Gasteiger partial charge in [0.2, 0.25) is 12.5 Å². The van der Waals surface area contributed by atoms with E-state index in [9.17, 15) is 0 Å². The van der Waals surface area contributed by atoms with Crippen LogP contribution in [0.1, 0.15) is 25.3 Å². The molecule has 1 unspecified atom stereocenters. The minimum absolute atomic E-state index is 0. The Bertz CT molecular complexity index is 493. The van der Waals surface area contributed by atoms with E-state index in [2.05, 4.69) is 29.3 Å². The number of nitrogens with one attached hydrogen (secondary N) is 1. The number of benzene rings is 1. The fourth-order valence-corrected chi connectivity index (χ4v) is 3.14. The molecular weight excluding hydrogens is 304 g/mol. The van der Waals surface area contributed by atoms with E-state index in [0.29, 0.717) is 6.04 Å². The Labute approximate surface area is 138 Å². The van der Waals surface area contributed by atoms with Gasteiger partial charge >= 0.3 is 0 Å². The van der Waals surface area contributed by atoms with E-state index in [-0.39, 0.29) is 19.2 Å². The van der Waals surface area contributed by atoms with Crippen LogP contribution < -0.4 is 19.5 Å². The van der Waals surface area contributed by atoms with Crippen molar-refractivity contribution >= 4 is 12.4 Å². The van der Waals surface area contributed by atoms with Crippen molar-refractivity contribution in [2.45, 2.75) is 32.4 Å². The first-order valence-electron chi connectivity index (χ1n) is 7.73. The Morgan fingerprint density at radius 3 is 2.91 bits per heavy atom. The van der Waals surface area contributed by atoms with E-state index in [1.165, 1.54) is 12.0 Å². The number of nitrogens with zero attached hydrogens (tertiary/aromatic N) is 1. The molecule has 0 aliphatic carbocycles. The Balaban J connectivity index is 0.00000176. The summed E-state index contributed by atoms with van der Waals surface area (Å²) >= 11 is 0. The number of hydrogen-bond acceptors (Lipinski definition) is 5. The highest BCUT2D eigenvalue weighted by molar-refractivity contribution is 5.85. The maximum Gasteiger partial charge on any atom is 0.231 e. The molecule has 1 aromatic carbocycles. The van der Waals surface area contributed by atoms with Gasteiger partial charge in [0.25, 0.3) is 0 Å². The van der Waals surface area contributed by atoms with Crippen molar-refractivity contribution in [3.05, 3.63) is 17.7 Å². The summed E-state index contributed by atoms with van der Waals surface area (Å²) in [6, 6.07) is 4.77. The average Bonchev–Trinajstić information content (AvgIpc) is 3.17. The molecule has 2 aliphatic rings. The Hall–Kier alpha value is -1.17. The van der Waals surface area contributed by atoms with Gasteiger partial charge in [0.05, 0.1) is 7.11 Å². The first-order chi connectivity index (χ1) is 10.3. The molecule has 0 radical (unpaired) electrons. The smallest absolute Gasteiger partial charge is 0.231 e. The van der Waals surface area contributed by atoms with E-state index in [1.807, 2.05) is 0 Å². The summed E-state index contributed by atoms with van der Waals surface area (Å²) in [4.78, 5) is 2.55. The monoisotopic (exact) mass is 328 g/mol. The third-order valence-corrected chi connectivity index (χ3v) is 4.17. The Morgan fingerprint density at radius 2 is 2.23 bits per heavy atom. The third kappa shape index (κ3) is 3.59. The zero-order chi connectivity index (χ0) is 14.7. The lowest BCUT2D eigenvalue weighted by Gasteiger charge is -2.28. The second-order valence-corrected chi connectivity index (χ2v) is 5.65. The Kier molecular flexibility index (Phi) is 6.17. The fourth-order valence-electron chi connectivity index (χ4n) is 3.14. The lowest BCUT2D eigenvalue weighted by atomic mass is 10.1. The molecule has 0 aromatic heterocycles. The van der Waals surface area contributed by atoms with Gasteiger partial charge in [-0.1, -0.05) is 6.92 Å². The molecule has 22 heavy (non-hydrogen) atoms. The van der Waals surface area contributed by atoms with Gasteiger partial charge in [-0.3, -0.25) is 4.90 Å². The van der Waals surface area contributed by atoms with E-state index >= 15 is 0 Å². The van der Waals surface area contributed by atoms with E-state index < -0.39 is 0 Å². The molecule has 1 atom stereocenters. The second kappa shape index (κ2) is 7.90. The van der Waals surface area contributed by atoms with Crippen LogP contribution in [-0.4, -0.2) is 44.5 Å². The molecule has 0 bridgehead atoms. The van der Waals surface area contributed by atoms with Gasteiger partial charge in [-0.25, -0.2) is 0 Å². The topological polar surface area (TPSA) is 43.0 Å². The summed E-state index contributed by atoms with van der Waals surface area (Å²) in [7, 11) is 1.67. The van der Waals surface area contributed by atoms with Crippen molar-refractivity contribution in [2.24, 2.45) is 0 Å². The average molecular weight is 329 g/mol. The molecular formula is C16H25ClN2O3. The van der Waals surface area contributed by atoms with Gasteiger partial charge in [0.15, 0.2) is 11.5 Å². The molecule has 1 N–H and O–H groups in total. The molecule has 1 fully saturated rings. The number of hydrogen-bond donors (Lipinski definition) is 1. The normalized spacial score (nSPS) is 19.3. The zero-order valence-electron chi connectivity index (χ0n) is 13.3. The van der Waals surface area contributed by atoms with Crippen molar-refractivity contribution in [1.82, 2.24) is 10.2 Å². The maximum absolute atomic E-state index is 5.52. The van der Waals surface area contributed by atoms with Crippen molar-refractivity contribution < 1.29 is 14.2 Å². The maximum atomic E-state index is 5.52. The van der Waals surface area contributed by atoms with Gasteiger partial charge in [-0.2, -0.15) is 0 Å². The molecule has 0 saturated carbocycles. The highest BCUT2D eigenvalue weighted by Gasteiger charge is 2.24. The first kappa shape index (κ1) is 17.2. The molecule has 2 heterocycles. The SMILES string of the molecule is CCCN(Cc1cc(OC)c2c(c1)OCO2)C1CCNC1.Cl. The molecule has 5 nitrogen and oxygen atoms in total. The lowest BCUT2D eigenvalue weighted by molar-refractivity contribution is 0.171. The van der Waals surface area contributed by atoms with Crippen LogP contribution in [-0.2, 0) is 6.54 Å². The Morgan fingerprint density at radius 1 is 1.36 bits per heavy atom. The molecule has 1 aromatic rings. The first-order valence-corrected chi connectivity index (χ1v) is 7.73. The zero-order valence-corrected chi connectivity index (χ0v) is 14.1. The summed E-state index contributed by atoms with van der Waals surface area (Å²) in [5, 5.41) is 3.45. The van der Waals surface area contributed by atoms with Crippen LogP contribution >= 0.6 is 12.4 Å². The van der Waals surface area contributed by atoms with E-state index in [0.717, 1.165) is 49.8 Å². The minimum atomic E-state index is 0. The number of ether oxygens (including phenoxy) is 3. The van der Waals surface area contributed by atoms with Crippen LogP contribution in [0.25, 0.3) is 0 Å². The molecule has 1 saturated heterocycles. The van der Waals surface area contributed by atoms with Gasteiger partial charge in [0, 0.05) is 19.1 Å². The molecule has 6 heteroatoms. The van der Waals surface area contributed by atoms with Crippen LogP contribution in [0.5, 0.6) is 17.2 Å². The summed E-state index contributed by atoms with van der Waals surface area (Å²) in [6.07, 6.45) is 2.39. The highest BCUT2D eigenvalue weighted by Crippen LogP contribution is 2.42.